The molecular formula is C8H10O5. The van der Waals surface area contributed by atoms with Crippen molar-refractivity contribution in [2.45, 2.75) is 6.42 Å². The zero-order valence-electron chi connectivity index (χ0n) is 7.40. The fraction of sp³-hybridized carbons (Fsp3) is 0.375. The first kappa shape index (κ1) is 11.4. The van der Waals surface area contributed by atoms with Crippen molar-refractivity contribution in [1.82, 2.24) is 0 Å². The molecule has 0 N–H and O–H groups in total. The van der Waals surface area contributed by atoms with E-state index >= 15 is 0 Å². The van der Waals surface area contributed by atoms with E-state index in [0.717, 1.165) is 12.2 Å². The molecule has 0 radical (unpaired) electrons. The maximum absolute atomic E-state index is 10.8. The summed E-state index contributed by atoms with van der Waals surface area (Å²) in [6.07, 6.45) is 1.55. The van der Waals surface area contributed by atoms with E-state index in [9.17, 15) is 14.4 Å². The van der Waals surface area contributed by atoms with E-state index in [1.165, 1.54) is 14.2 Å². The Morgan fingerprint density at radius 3 is 2.15 bits per heavy atom. The summed E-state index contributed by atoms with van der Waals surface area (Å²) in [5, 5.41) is 0. The number of hydrogen-bond donors (Lipinski definition) is 0. The van der Waals surface area contributed by atoms with Crippen molar-refractivity contribution < 1.29 is 23.9 Å². The number of esters is 2. The first-order valence-electron chi connectivity index (χ1n) is 3.45. The van der Waals surface area contributed by atoms with E-state index in [4.69, 9.17) is 0 Å². The molecule has 0 unspecified atom stereocenters. The largest absolute Gasteiger partial charge is 0.469 e. The second kappa shape index (κ2) is 5.93. The van der Waals surface area contributed by atoms with E-state index in [-0.39, 0.29) is 6.42 Å². The summed E-state index contributed by atoms with van der Waals surface area (Å²) in [6, 6.07) is 0. The van der Waals surface area contributed by atoms with E-state index in [1.807, 2.05) is 0 Å². The lowest BCUT2D eigenvalue weighted by Gasteiger charge is -1.93. The Bertz CT molecular complexity index is 241. The van der Waals surface area contributed by atoms with Gasteiger partial charge in [0.1, 0.15) is 6.42 Å². The van der Waals surface area contributed by atoms with Gasteiger partial charge < -0.3 is 9.47 Å². The third-order valence-electron chi connectivity index (χ3n) is 1.15. The predicted molar refractivity (Wildman–Crippen MR) is 42.8 cm³/mol. The maximum Gasteiger partial charge on any atom is 0.330 e. The van der Waals surface area contributed by atoms with E-state index in [2.05, 4.69) is 9.47 Å². The number of rotatable bonds is 4. The average Bonchev–Trinajstić information content (AvgIpc) is 2.13. The molecule has 5 heteroatoms. The molecule has 0 bridgehead atoms. The molecule has 0 aliphatic heterocycles. The lowest BCUT2D eigenvalue weighted by molar-refractivity contribution is -0.142. The summed E-state index contributed by atoms with van der Waals surface area (Å²) in [5.41, 5.74) is 0. The van der Waals surface area contributed by atoms with Gasteiger partial charge in [-0.2, -0.15) is 0 Å². The van der Waals surface area contributed by atoms with Gasteiger partial charge in [0.2, 0.25) is 0 Å². The Kier molecular flexibility index (Phi) is 5.18. The third kappa shape index (κ3) is 5.60. The van der Waals surface area contributed by atoms with Crippen molar-refractivity contribution in [2.75, 3.05) is 14.2 Å². The molecule has 0 fully saturated rings. The molecule has 72 valence electrons. The summed E-state index contributed by atoms with van der Waals surface area (Å²) < 4.78 is 8.48. The second-order valence-corrected chi connectivity index (χ2v) is 2.08. The topological polar surface area (TPSA) is 69.7 Å². The molecule has 0 amide bonds. The predicted octanol–water partition coefficient (Wildman–Crippen LogP) is -0.152. The molecule has 0 saturated heterocycles. The van der Waals surface area contributed by atoms with Crippen LogP contribution in [0, 0.1) is 0 Å². The molecular weight excluding hydrogens is 176 g/mol. The molecule has 0 saturated carbocycles. The van der Waals surface area contributed by atoms with Gasteiger partial charge in [0, 0.05) is 6.08 Å². The first-order chi connectivity index (χ1) is 6.10. The Balaban J connectivity index is 3.94. The first-order valence-corrected chi connectivity index (χ1v) is 3.45. The van der Waals surface area contributed by atoms with Gasteiger partial charge in [-0.15, -0.1) is 0 Å². The molecule has 13 heavy (non-hydrogen) atoms. The Morgan fingerprint density at radius 2 is 1.69 bits per heavy atom. The minimum absolute atomic E-state index is 0.371. The van der Waals surface area contributed by atoms with Crippen molar-refractivity contribution in [3.63, 3.8) is 0 Å². The van der Waals surface area contributed by atoms with Crippen molar-refractivity contribution in [3.8, 4) is 0 Å². The van der Waals surface area contributed by atoms with Crippen molar-refractivity contribution in [2.24, 2.45) is 0 Å². The number of allylic oxidation sites excluding steroid dienone is 1. The van der Waals surface area contributed by atoms with Gasteiger partial charge in [-0.05, 0) is 6.08 Å². The van der Waals surface area contributed by atoms with Crippen molar-refractivity contribution >= 4 is 17.7 Å². The molecule has 0 aromatic carbocycles. The third-order valence-corrected chi connectivity index (χ3v) is 1.15. The quantitative estimate of drug-likeness (QED) is 0.347. The fourth-order valence-corrected chi connectivity index (χ4v) is 0.502. The number of ether oxygens (including phenoxy) is 2. The average molecular weight is 186 g/mol. The van der Waals surface area contributed by atoms with Gasteiger partial charge in [0.25, 0.3) is 0 Å². The Hall–Kier alpha value is -1.65. The van der Waals surface area contributed by atoms with Gasteiger partial charge >= 0.3 is 11.9 Å². The van der Waals surface area contributed by atoms with Gasteiger partial charge in [-0.3, -0.25) is 9.59 Å². The Morgan fingerprint density at radius 1 is 1.08 bits per heavy atom. The highest BCUT2D eigenvalue weighted by atomic mass is 16.5. The highest BCUT2D eigenvalue weighted by Gasteiger charge is 2.06. The molecule has 5 nitrogen and oxygen atoms in total. The van der Waals surface area contributed by atoms with Crippen LogP contribution in [0.4, 0.5) is 0 Å². The normalized spacial score (nSPS) is 9.69. The lowest BCUT2D eigenvalue weighted by atomic mass is 10.2. The summed E-state index contributed by atoms with van der Waals surface area (Å²) in [7, 11) is 2.37. The van der Waals surface area contributed by atoms with Crippen LogP contribution in [0.2, 0.25) is 0 Å². The monoisotopic (exact) mass is 186 g/mol. The van der Waals surface area contributed by atoms with Crippen LogP contribution in [-0.2, 0) is 23.9 Å². The van der Waals surface area contributed by atoms with Crippen LogP contribution in [0.25, 0.3) is 0 Å². The molecule has 0 spiro atoms. The fourth-order valence-electron chi connectivity index (χ4n) is 0.502. The molecule has 0 aromatic heterocycles. The molecule has 0 aromatic rings. The van der Waals surface area contributed by atoms with Crippen LogP contribution in [0.15, 0.2) is 12.2 Å². The number of hydrogen-bond acceptors (Lipinski definition) is 5. The summed E-state index contributed by atoms with van der Waals surface area (Å²) in [5.74, 6) is -1.78. The second-order valence-electron chi connectivity index (χ2n) is 2.08. The number of methoxy groups -OCH3 is 2. The zero-order chi connectivity index (χ0) is 10.3. The van der Waals surface area contributed by atoms with Gasteiger partial charge in [0.05, 0.1) is 14.2 Å². The number of carbonyl (C=O) groups excluding carboxylic acids is 3. The van der Waals surface area contributed by atoms with Crippen LogP contribution < -0.4 is 0 Å². The van der Waals surface area contributed by atoms with Crippen LogP contribution in [0.3, 0.4) is 0 Å². The zero-order valence-corrected chi connectivity index (χ0v) is 7.40. The van der Waals surface area contributed by atoms with Crippen LogP contribution >= 0.6 is 0 Å². The van der Waals surface area contributed by atoms with Gasteiger partial charge in [-0.1, -0.05) is 0 Å². The maximum atomic E-state index is 10.8. The van der Waals surface area contributed by atoms with Crippen molar-refractivity contribution in [3.05, 3.63) is 12.2 Å². The highest BCUT2D eigenvalue weighted by molar-refractivity contribution is 6.04. The van der Waals surface area contributed by atoms with Crippen LogP contribution in [0.5, 0.6) is 0 Å². The lowest BCUT2D eigenvalue weighted by Crippen LogP contribution is -2.07. The molecule has 0 aliphatic carbocycles. The molecule has 0 heterocycles. The molecule has 0 atom stereocenters. The molecule has 0 rings (SSSR count). The SMILES string of the molecule is COC(=O)/C=C\C(=O)CC(=O)OC. The minimum Gasteiger partial charge on any atom is -0.469 e. The minimum atomic E-state index is -0.641. The van der Waals surface area contributed by atoms with Crippen molar-refractivity contribution in [1.29, 1.82) is 0 Å². The van der Waals surface area contributed by atoms with Gasteiger partial charge in [-0.25, -0.2) is 4.79 Å². The molecule has 0 aliphatic rings. The Labute approximate surface area is 75.3 Å². The number of ketones is 1. The van der Waals surface area contributed by atoms with Gasteiger partial charge in [0.15, 0.2) is 5.78 Å². The number of carbonyl (C=O) groups is 3. The van der Waals surface area contributed by atoms with Crippen LogP contribution in [-0.4, -0.2) is 31.9 Å². The van der Waals surface area contributed by atoms with Crippen LogP contribution in [0.1, 0.15) is 6.42 Å². The van der Waals surface area contributed by atoms with E-state index in [0.29, 0.717) is 0 Å². The van der Waals surface area contributed by atoms with E-state index < -0.39 is 17.7 Å². The summed E-state index contributed by atoms with van der Waals surface area (Å²) in [6.45, 7) is 0. The standard InChI is InChI=1S/C8H10O5/c1-12-7(10)4-3-6(9)5-8(11)13-2/h3-4H,5H2,1-2H3/b4-3-. The highest BCUT2D eigenvalue weighted by Crippen LogP contribution is 1.89. The summed E-state index contributed by atoms with van der Waals surface area (Å²) in [4.78, 5) is 31.9. The smallest absolute Gasteiger partial charge is 0.330 e. The summed E-state index contributed by atoms with van der Waals surface area (Å²) >= 11 is 0. The van der Waals surface area contributed by atoms with E-state index in [1.54, 1.807) is 0 Å².